The molecule has 7 nitrogen and oxygen atoms in total. The SMILES string of the molecule is [2H]c1c([2H])c(OP(=O)(O)O)c([2H])c([2H])c1C[C@H](N)C(=O)O. The minimum atomic E-state index is -5.06. The lowest BCUT2D eigenvalue weighted by Crippen LogP contribution is -2.32. The van der Waals surface area contributed by atoms with Crippen LogP contribution in [0, 0.1) is 0 Å². The van der Waals surface area contributed by atoms with Crippen molar-refractivity contribution >= 4 is 13.8 Å². The van der Waals surface area contributed by atoms with Crippen molar-refractivity contribution in [2.24, 2.45) is 5.73 Å². The van der Waals surface area contributed by atoms with Gasteiger partial charge in [-0.1, -0.05) is 12.1 Å². The molecule has 5 N–H and O–H groups in total. The molecule has 8 heteroatoms. The number of carboxylic acids is 1. The summed E-state index contributed by atoms with van der Waals surface area (Å²) in [6.45, 7) is 0. The van der Waals surface area contributed by atoms with Gasteiger partial charge in [0.05, 0.1) is 5.48 Å². The zero-order valence-corrected chi connectivity index (χ0v) is 9.27. The third-order valence-corrected chi connectivity index (χ3v) is 2.03. The molecule has 17 heavy (non-hydrogen) atoms. The van der Waals surface area contributed by atoms with Crippen LogP contribution in [-0.2, 0) is 15.8 Å². The van der Waals surface area contributed by atoms with Crippen molar-refractivity contribution in [3.63, 3.8) is 0 Å². The Morgan fingerprint density at radius 1 is 1.47 bits per heavy atom. The zero-order valence-electron chi connectivity index (χ0n) is 12.4. The molecule has 0 spiro atoms. The smallest absolute Gasteiger partial charge is 0.480 e. The van der Waals surface area contributed by atoms with Gasteiger partial charge in [0.2, 0.25) is 0 Å². The molecule has 0 bridgehead atoms. The monoisotopic (exact) mass is 265 g/mol. The fourth-order valence-corrected chi connectivity index (χ4v) is 1.23. The predicted molar refractivity (Wildman–Crippen MR) is 58.4 cm³/mol. The van der Waals surface area contributed by atoms with E-state index < -0.39 is 56.2 Å². The first kappa shape index (κ1) is 8.66. The van der Waals surface area contributed by atoms with Gasteiger partial charge in [-0.05, 0) is 24.1 Å². The van der Waals surface area contributed by atoms with Crippen molar-refractivity contribution in [2.75, 3.05) is 0 Å². The molecule has 0 heterocycles. The van der Waals surface area contributed by atoms with E-state index in [-0.39, 0.29) is 5.56 Å². The van der Waals surface area contributed by atoms with Crippen LogP contribution in [-0.4, -0.2) is 26.9 Å². The van der Waals surface area contributed by atoms with Gasteiger partial charge in [0, 0.05) is 0 Å². The number of nitrogens with two attached hydrogens (primary N) is 1. The number of rotatable bonds is 5. The summed E-state index contributed by atoms with van der Waals surface area (Å²) in [5.74, 6) is -2.30. The Morgan fingerprint density at radius 2 is 2.00 bits per heavy atom. The summed E-state index contributed by atoms with van der Waals surface area (Å²) in [6.07, 6.45) is -0.471. The van der Waals surface area contributed by atoms with Gasteiger partial charge in [-0.3, -0.25) is 14.6 Å². The Balaban J connectivity index is 3.39. The molecule has 0 radical (unpaired) electrons. The summed E-state index contributed by atoms with van der Waals surface area (Å²) in [4.78, 5) is 28.1. The quantitative estimate of drug-likeness (QED) is 0.556. The Kier molecular flexibility index (Phi) is 2.69. The highest BCUT2D eigenvalue weighted by molar-refractivity contribution is 7.46. The minimum absolute atomic E-state index is 0.280. The van der Waals surface area contributed by atoms with Gasteiger partial charge >= 0.3 is 13.8 Å². The van der Waals surface area contributed by atoms with E-state index in [4.69, 9.17) is 26.1 Å². The lowest BCUT2D eigenvalue weighted by atomic mass is 10.1. The Hall–Kier alpha value is -1.40. The second-order valence-corrected chi connectivity index (χ2v) is 4.20. The number of benzene rings is 1. The lowest BCUT2D eigenvalue weighted by Gasteiger charge is -2.09. The zero-order chi connectivity index (χ0) is 16.5. The summed E-state index contributed by atoms with van der Waals surface area (Å²) in [5.41, 5.74) is 5.00. The molecule has 1 atom stereocenters. The largest absolute Gasteiger partial charge is 0.524 e. The van der Waals surface area contributed by atoms with Crippen LogP contribution < -0.4 is 10.3 Å². The molecule has 0 saturated heterocycles. The van der Waals surface area contributed by atoms with Crippen molar-refractivity contribution in [2.45, 2.75) is 12.5 Å². The average Bonchev–Trinajstić information content (AvgIpc) is 2.36. The second kappa shape index (κ2) is 5.29. The molecular formula is C9H12NO6P. The van der Waals surface area contributed by atoms with Crippen molar-refractivity contribution < 1.29 is 34.3 Å². The number of hydrogen-bond donors (Lipinski definition) is 4. The van der Waals surface area contributed by atoms with Gasteiger partial charge in [0.1, 0.15) is 11.8 Å². The molecular weight excluding hydrogens is 249 g/mol. The Morgan fingerprint density at radius 3 is 2.41 bits per heavy atom. The Bertz CT molecular complexity index is 604. The summed E-state index contributed by atoms with van der Waals surface area (Å²) in [6, 6.07) is -4.43. The van der Waals surface area contributed by atoms with Crippen molar-refractivity contribution in [3.05, 3.63) is 29.7 Å². The molecule has 0 amide bonds. The molecule has 94 valence electrons. The Labute approximate surface area is 103 Å². The standard InChI is InChI=1S/C9H12NO6P/c10-8(9(11)12)5-6-1-3-7(4-2-6)16-17(13,14)15/h1-4,8H,5,10H2,(H,11,12)(H2,13,14,15)/t8-/m0/s1/i1D,2D,3D,4D. The molecule has 0 aliphatic heterocycles. The highest BCUT2D eigenvalue weighted by Gasteiger charge is 2.16. The van der Waals surface area contributed by atoms with Crippen LogP contribution in [0.5, 0.6) is 5.75 Å². The van der Waals surface area contributed by atoms with Crippen LogP contribution in [0.1, 0.15) is 11.0 Å². The van der Waals surface area contributed by atoms with Gasteiger partial charge in [-0.2, -0.15) is 0 Å². The maximum Gasteiger partial charge on any atom is 0.524 e. The van der Waals surface area contributed by atoms with Gasteiger partial charge < -0.3 is 15.4 Å². The van der Waals surface area contributed by atoms with Crippen LogP contribution in [0.4, 0.5) is 0 Å². The molecule has 0 aliphatic carbocycles. The molecule has 1 aromatic carbocycles. The normalized spacial score (nSPS) is 16.4. The molecule has 1 aromatic rings. The van der Waals surface area contributed by atoms with E-state index in [1.54, 1.807) is 0 Å². The number of hydrogen-bond acceptors (Lipinski definition) is 4. The topological polar surface area (TPSA) is 130 Å². The first-order chi connectivity index (χ1) is 9.45. The van der Waals surface area contributed by atoms with Crippen LogP contribution in [0.15, 0.2) is 24.2 Å². The fourth-order valence-electron chi connectivity index (χ4n) is 0.901. The number of carbonyl (C=O) groups is 1. The fraction of sp³-hybridized carbons (Fsp3) is 0.222. The summed E-state index contributed by atoms with van der Waals surface area (Å²) < 4.78 is 45.3. The number of carboxylic acid groups (broad SMARTS) is 1. The maximum absolute atomic E-state index is 10.8. The molecule has 1 rings (SSSR count). The van der Waals surface area contributed by atoms with Crippen molar-refractivity contribution in [3.8, 4) is 5.75 Å². The lowest BCUT2D eigenvalue weighted by molar-refractivity contribution is -0.138. The minimum Gasteiger partial charge on any atom is -0.480 e. The molecule has 0 aliphatic rings. The van der Waals surface area contributed by atoms with Crippen LogP contribution >= 0.6 is 7.82 Å². The number of phosphoric ester groups is 1. The van der Waals surface area contributed by atoms with Crippen LogP contribution in [0.2, 0.25) is 0 Å². The molecule has 0 unspecified atom stereocenters. The number of aliphatic carboxylic acids is 1. The summed E-state index contributed by atoms with van der Waals surface area (Å²) >= 11 is 0. The van der Waals surface area contributed by atoms with Gasteiger partial charge in [0.25, 0.3) is 0 Å². The third-order valence-electron chi connectivity index (χ3n) is 1.61. The van der Waals surface area contributed by atoms with Crippen molar-refractivity contribution in [1.82, 2.24) is 0 Å². The van der Waals surface area contributed by atoms with Crippen LogP contribution in [0.3, 0.4) is 0 Å². The highest BCUT2D eigenvalue weighted by atomic mass is 31.2. The van der Waals surface area contributed by atoms with E-state index >= 15 is 0 Å². The van der Waals surface area contributed by atoms with E-state index in [0.29, 0.717) is 0 Å². The first-order valence-electron chi connectivity index (χ1n) is 6.28. The van der Waals surface area contributed by atoms with E-state index in [1.165, 1.54) is 0 Å². The van der Waals surface area contributed by atoms with Crippen molar-refractivity contribution in [1.29, 1.82) is 0 Å². The average molecular weight is 265 g/mol. The molecule has 0 fully saturated rings. The van der Waals surface area contributed by atoms with E-state index in [1.807, 2.05) is 0 Å². The molecule has 0 saturated carbocycles. The first-order valence-corrected chi connectivity index (χ1v) is 5.81. The number of phosphoric acid groups is 1. The van der Waals surface area contributed by atoms with Gasteiger partial charge in [-0.15, -0.1) is 0 Å². The van der Waals surface area contributed by atoms with E-state index in [9.17, 15) is 9.36 Å². The van der Waals surface area contributed by atoms with E-state index in [2.05, 4.69) is 4.52 Å². The summed E-state index contributed by atoms with van der Waals surface area (Å²) in [5, 5.41) is 8.70. The summed E-state index contributed by atoms with van der Waals surface area (Å²) in [7, 11) is -5.06. The van der Waals surface area contributed by atoms with E-state index in [0.717, 1.165) is 0 Å². The maximum atomic E-state index is 10.8. The van der Waals surface area contributed by atoms with Crippen LogP contribution in [0.25, 0.3) is 0 Å². The second-order valence-electron chi connectivity index (χ2n) is 3.04. The molecule has 0 aromatic heterocycles. The third kappa shape index (κ3) is 4.97. The van der Waals surface area contributed by atoms with Gasteiger partial charge in [0.15, 0.2) is 0 Å². The highest BCUT2D eigenvalue weighted by Crippen LogP contribution is 2.37. The van der Waals surface area contributed by atoms with Gasteiger partial charge in [-0.25, -0.2) is 4.57 Å². The predicted octanol–water partition coefficient (Wildman–Crippen LogP) is 0.112.